The molecule has 5 heteroatoms. The number of nitrogens with zero attached hydrogens (tertiary/aromatic N) is 1. The van der Waals surface area contributed by atoms with Crippen molar-refractivity contribution in [1.82, 2.24) is 4.90 Å². The Morgan fingerprint density at radius 3 is 2.35 bits per heavy atom. The third-order valence-corrected chi connectivity index (χ3v) is 5.28. The van der Waals surface area contributed by atoms with Gasteiger partial charge in [-0.2, -0.15) is 0 Å². The van der Waals surface area contributed by atoms with Gasteiger partial charge in [-0.05, 0) is 38.0 Å². The van der Waals surface area contributed by atoms with Gasteiger partial charge in [0.25, 0.3) is 0 Å². The molecule has 1 heterocycles. The molecule has 2 aliphatic rings. The summed E-state index contributed by atoms with van der Waals surface area (Å²) in [5, 5.41) is 9.56. The van der Waals surface area contributed by atoms with Crippen LogP contribution in [0, 0.1) is 10.8 Å². The Labute approximate surface area is 120 Å². The van der Waals surface area contributed by atoms with Gasteiger partial charge in [0, 0.05) is 12.6 Å². The summed E-state index contributed by atoms with van der Waals surface area (Å²) in [5.74, 6) is -0.971. The summed E-state index contributed by atoms with van der Waals surface area (Å²) >= 11 is 0. The Bertz CT molecular complexity index is 421. The second-order valence-corrected chi connectivity index (χ2v) is 7.25. The van der Waals surface area contributed by atoms with Crippen LogP contribution in [0.5, 0.6) is 0 Å². The Morgan fingerprint density at radius 2 is 1.85 bits per heavy atom. The third kappa shape index (κ3) is 2.32. The van der Waals surface area contributed by atoms with E-state index >= 15 is 0 Å². The van der Waals surface area contributed by atoms with E-state index in [2.05, 4.69) is 0 Å². The lowest BCUT2D eigenvalue weighted by molar-refractivity contribution is -0.164. The fraction of sp³-hybridized carbons (Fsp3) is 0.867. The van der Waals surface area contributed by atoms with Crippen molar-refractivity contribution in [3.8, 4) is 0 Å². The van der Waals surface area contributed by atoms with Gasteiger partial charge in [-0.15, -0.1) is 0 Å². The molecule has 1 aliphatic heterocycles. The number of nitrogens with two attached hydrogens (primary N) is 1. The average molecular weight is 282 g/mol. The van der Waals surface area contributed by atoms with Crippen molar-refractivity contribution >= 4 is 11.9 Å². The Balaban J connectivity index is 2.30. The van der Waals surface area contributed by atoms with Crippen LogP contribution in [-0.4, -0.2) is 40.5 Å². The number of aliphatic carboxylic acids is 1. The monoisotopic (exact) mass is 282 g/mol. The maximum Gasteiger partial charge on any atom is 0.326 e. The minimum Gasteiger partial charge on any atom is -0.480 e. The van der Waals surface area contributed by atoms with E-state index in [1.807, 2.05) is 20.8 Å². The third-order valence-electron chi connectivity index (χ3n) is 5.28. The summed E-state index contributed by atoms with van der Waals surface area (Å²) in [4.78, 5) is 26.2. The number of carbonyl (C=O) groups excluding carboxylic acids is 1. The molecule has 1 saturated heterocycles. The van der Waals surface area contributed by atoms with Crippen LogP contribution in [0.2, 0.25) is 0 Å². The van der Waals surface area contributed by atoms with E-state index in [4.69, 9.17) is 5.73 Å². The van der Waals surface area contributed by atoms with E-state index in [-0.39, 0.29) is 11.9 Å². The van der Waals surface area contributed by atoms with E-state index in [0.717, 1.165) is 32.1 Å². The maximum absolute atomic E-state index is 12.9. The molecule has 0 aromatic heterocycles. The SMILES string of the molecule is CC1(C)CCCN(C(=O)C2(C)CCCC2N)C1C(=O)O. The molecule has 2 fully saturated rings. The first-order valence-corrected chi connectivity index (χ1v) is 7.49. The van der Waals surface area contributed by atoms with Crippen LogP contribution in [0.25, 0.3) is 0 Å². The quantitative estimate of drug-likeness (QED) is 0.806. The molecule has 1 amide bonds. The molecule has 0 spiro atoms. The molecular formula is C15H26N2O3. The molecule has 0 aromatic carbocycles. The highest BCUT2D eigenvalue weighted by molar-refractivity contribution is 5.88. The highest BCUT2D eigenvalue weighted by Gasteiger charge is 2.51. The van der Waals surface area contributed by atoms with E-state index < -0.39 is 22.8 Å². The highest BCUT2D eigenvalue weighted by atomic mass is 16.4. The fourth-order valence-electron chi connectivity index (χ4n) is 3.87. The molecule has 3 N–H and O–H groups in total. The smallest absolute Gasteiger partial charge is 0.326 e. The molecule has 114 valence electrons. The zero-order valence-corrected chi connectivity index (χ0v) is 12.7. The van der Waals surface area contributed by atoms with Gasteiger partial charge in [-0.25, -0.2) is 4.79 Å². The summed E-state index contributed by atoms with van der Waals surface area (Å²) in [6.07, 6.45) is 4.23. The fourth-order valence-corrected chi connectivity index (χ4v) is 3.87. The van der Waals surface area contributed by atoms with Gasteiger partial charge >= 0.3 is 5.97 Å². The van der Waals surface area contributed by atoms with Crippen molar-refractivity contribution < 1.29 is 14.7 Å². The molecule has 1 aliphatic carbocycles. The van der Waals surface area contributed by atoms with Crippen LogP contribution < -0.4 is 5.73 Å². The molecule has 0 radical (unpaired) electrons. The van der Waals surface area contributed by atoms with E-state index in [9.17, 15) is 14.7 Å². The first-order chi connectivity index (χ1) is 9.20. The van der Waals surface area contributed by atoms with Crippen LogP contribution >= 0.6 is 0 Å². The van der Waals surface area contributed by atoms with Crippen LogP contribution in [0.4, 0.5) is 0 Å². The zero-order valence-electron chi connectivity index (χ0n) is 12.7. The van der Waals surface area contributed by atoms with E-state index in [1.165, 1.54) is 0 Å². The van der Waals surface area contributed by atoms with E-state index in [0.29, 0.717) is 6.54 Å². The summed E-state index contributed by atoms with van der Waals surface area (Å²) in [5.41, 5.74) is 5.13. The van der Waals surface area contributed by atoms with Gasteiger partial charge in [-0.1, -0.05) is 20.3 Å². The molecule has 5 nitrogen and oxygen atoms in total. The topological polar surface area (TPSA) is 83.6 Å². The number of carbonyl (C=O) groups is 2. The number of hydrogen-bond donors (Lipinski definition) is 2. The summed E-state index contributed by atoms with van der Waals surface area (Å²) in [6.45, 7) is 6.29. The van der Waals surface area contributed by atoms with Crippen LogP contribution in [-0.2, 0) is 9.59 Å². The summed E-state index contributed by atoms with van der Waals surface area (Å²) < 4.78 is 0. The lowest BCUT2D eigenvalue weighted by Gasteiger charge is -2.47. The van der Waals surface area contributed by atoms with E-state index in [1.54, 1.807) is 4.90 Å². The summed E-state index contributed by atoms with van der Waals surface area (Å²) in [7, 11) is 0. The minimum atomic E-state index is -0.904. The molecule has 1 saturated carbocycles. The maximum atomic E-state index is 12.9. The van der Waals surface area contributed by atoms with Crippen molar-refractivity contribution in [1.29, 1.82) is 0 Å². The number of rotatable bonds is 2. The minimum absolute atomic E-state index is 0.0670. The lowest BCUT2D eigenvalue weighted by Crippen LogP contribution is -2.61. The Hall–Kier alpha value is -1.10. The molecule has 20 heavy (non-hydrogen) atoms. The average Bonchev–Trinajstić information content (AvgIpc) is 2.67. The molecule has 0 bridgehead atoms. The normalized spacial score (nSPS) is 36.9. The predicted octanol–water partition coefficient (Wildman–Crippen LogP) is 1.61. The molecule has 0 aromatic rings. The number of amides is 1. The van der Waals surface area contributed by atoms with Gasteiger partial charge < -0.3 is 15.7 Å². The van der Waals surface area contributed by atoms with Crippen molar-refractivity contribution in [2.45, 2.75) is 65.0 Å². The van der Waals surface area contributed by atoms with Crippen LogP contribution in [0.15, 0.2) is 0 Å². The Morgan fingerprint density at radius 1 is 1.20 bits per heavy atom. The second-order valence-electron chi connectivity index (χ2n) is 7.25. The van der Waals surface area contributed by atoms with Crippen molar-refractivity contribution in [3.05, 3.63) is 0 Å². The Kier molecular flexibility index (Phi) is 3.84. The first-order valence-electron chi connectivity index (χ1n) is 7.49. The second kappa shape index (κ2) is 5.02. The zero-order chi connectivity index (χ0) is 15.1. The number of piperidine rings is 1. The number of carboxylic acids is 1. The van der Waals surface area contributed by atoms with Gasteiger partial charge in [0.15, 0.2) is 0 Å². The molecule has 3 unspecified atom stereocenters. The van der Waals surface area contributed by atoms with Gasteiger partial charge in [-0.3, -0.25) is 4.79 Å². The standard InChI is InChI=1S/C15H26N2O3/c1-14(2)7-5-9-17(11(14)12(18)19)13(20)15(3)8-4-6-10(15)16/h10-11H,4-9,16H2,1-3H3,(H,18,19). The van der Waals surface area contributed by atoms with Crippen molar-refractivity contribution in [2.24, 2.45) is 16.6 Å². The highest BCUT2D eigenvalue weighted by Crippen LogP contribution is 2.42. The predicted molar refractivity (Wildman–Crippen MR) is 76.1 cm³/mol. The number of likely N-dealkylation sites (tertiary alicyclic amines) is 1. The summed E-state index contributed by atoms with van der Waals surface area (Å²) in [6, 6.07) is -0.900. The molecule has 3 atom stereocenters. The number of hydrogen-bond acceptors (Lipinski definition) is 3. The van der Waals surface area contributed by atoms with Crippen molar-refractivity contribution in [2.75, 3.05) is 6.54 Å². The van der Waals surface area contributed by atoms with Gasteiger partial charge in [0.2, 0.25) is 5.91 Å². The number of carboxylic acid groups (broad SMARTS) is 1. The van der Waals surface area contributed by atoms with Crippen LogP contribution in [0.3, 0.4) is 0 Å². The molecule has 2 rings (SSSR count). The van der Waals surface area contributed by atoms with Gasteiger partial charge in [0.1, 0.15) is 6.04 Å². The van der Waals surface area contributed by atoms with Crippen molar-refractivity contribution in [3.63, 3.8) is 0 Å². The van der Waals surface area contributed by atoms with Crippen LogP contribution in [0.1, 0.15) is 52.9 Å². The first kappa shape index (κ1) is 15.3. The van der Waals surface area contributed by atoms with Gasteiger partial charge in [0.05, 0.1) is 5.41 Å². The molecular weight excluding hydrogens is 256 g/mol. The lowest BCUT2D eigenvalue weighted by atomic mass is 9.74. The largest absolute Gasteiger partial charge is 0.480 e.